The maximum atomic E-state index is 11.7. The number of alkyl halides is 1. The Labute approximate surface area is 113 Å². The van der Waals surface area contributed by atoms with Gasteiger partial charge in [0.25, 0.3) is 0 Å². The van der Waals surface area contributed by atoms with E-state index in [4.69, 9.17) is 21.1 Å². The highest BCUT2D eigenvalue weighted by atomic mass is 79.9. The van der Waals surface area contributed by atoms with E-state index in [-0.39, 0.29) is 0 Å². The molecule has 0 fully saturated rings. The minimum Gasteiger partial charge on any atom is -0.503 e. The van der Waals surface area contributed by atoms with Gasteiger partial charge in [-0.3, -0.25) is 0 Å². The van der Waals surface area contributed by atoms with Crippen LogP contribution in [-0.2, 0) is 19.6 Å². The molecule has 0 heterocycles. The summed E-state index contributed by atoms with van der Waals surface area (Å²) in [6.07, 6.45) is 1.35. The molecule has 0 saturated carbocycles. The van der Waals surface area contributed by atoms with Crippen molar-refractivity contribution in [2.45, 2.75) is 5.33 Å². The van der Waals surface area contributed by atoms with Crippen LogP contribution in [0.25, 0.3) is 5.57 Å². The highest BCUT2D eigenvalue weighted by Gasteiger charge is 2.17. The number of benzene rings is 1. The van der Waals surface area contributed by atoms with Gasteiger partial charge in [0.2, 0.25) is 0 Å². The van der Waals surface area contributed by atoms with Gasteiger partial charge in [-0.1, -0.05) is 39.7 Å². The van der Waals surface area contributed by atoms with Crippen molar-refractivity contribution in [3.05, 3.63) is 40.6 Å². The zero-order valence-electron chi connectivity index (χ0n) is 9.50. The second kappa shape index (κ2) is 6.67. The van der Waals surface area contributed by atoms with Crippen molar-refractivity contribution in [2.24, 2.45) is 0 Å². The van der Waals surface area contributed by atoms with Gasteiger partial charge in [-0.15, -0.1) is 0 Å². The molecule has 0 aliphatic rings. The Balaban J connectivity index is 3.33. The largest absolute Gasteiger partial charge is 0.503 e. The Morgan fingerprint density at radius 1 is 1.47 bits per heavy atom. The van der Waals surface area contributed by atoms with E-state index in [9.17, 15) is 4.79 Å². The summed E-state index contributed by atoms with van der Waals surface area (Å²) in [7, 11) is 2.80. The molecule has 0 unspecified atom stereocenters. The van der Waals surface area contributed by atoms with E-state index in [1.807, 2.05) is 0 Å². The summed E-state index contributed by atoms with van der Waals surface area (Å²) >= 11 is 9.42. The minimum atomic E-state index is -0.462. The smallest absolute Gasteiger partial charge is 0.341 e. The first-order chi connectivity index (χ1) is 8.15. The molecule has 0 spiro atoms. The fourth-order valence-corrected chi connectivity index (χ4v) is 2.40. The molecule has 92 valence electrons. The molecular weight excluding hydrogens is 307 g/mol. The van der Waals surface area contributed by atoms with E-state index < -0.39 is 5.97 Å². The van der Waals surface area contributed by atoms with Crippen molar-refractivity contribution in [3.8, 4) is 0 Å². The molecule has 0 radical (unpaired) electrons. The summed E-state index contributed by atoms with van der Waals surface area (Å²) in [5, 5.41) is 1.13. The Bertz CT molecular complexity index is 443. The van der Waals surface area contributed by atoms with Crippen molar-refractivity contribution in [1.82, 2.24) is 0 Å². The first kappa shape index (κ1) is 14.1. The summed E-state index contributed by atoms with van der Waals surface area (Å²) in [5.41, 5.74) is 1.86. The quantitative estimate of drug-likeness (QED) is 0.369. The molecule has 0 amide bonds. The van der Waals surface area contributed by atoms with E-state index in [0.29, 0.717) is 21.5 Å². The number of methoxy groups -OCH3 is 2. The van der Waals surface area contributed by atoms with E-state index in [2.05, 4.69) is 15.9 Å². The van der Waals surface area contributed by atoms with Crippen LogP contribution < -0.4 is 0 Å². The normalized spacial score (nSPS) is 11.2. The standard InChI is InChI=1S/C12H12BrClO3/c1-16-7-10(12(15)17-2)8-4-3-5-11(14)9(8)6-13/h3-5,7H,6H2,1-2H3. The number of hydrogen-bond acceptors (Lipinski definition) is 3. The third-order valence-corrected chi connectivity index (χ3v) is 3.10. The van der Waals surface area contributed by atoms with Crippen LogP contribution in [0.15, 0.2) is 24.5 Å². The average molecular weight is 320 g/mol. The molecule has 5 heteroatoms. The van der Waals surface area contributed by atoms with Gasteiger partial charge in [-0.25, -0.2) is 4.79 Å². The van der Waals surface area contributed by atoms with E-state index in [1.54, 1.807) is 18.2 Å². The molecule has 0 saturated heterocycles. The molecule has 0 aliphatic heterocycles. The highest BCUT2D eigenvalue weighted by Crippen LogP contribution is 2.28. The van der Waals surface area contributed by atoms with Gasteiger partial charge in [-0.2, -0.15) is 0 Å². The summed E-state index contributed by atoms with van der Waals surface area (Å²) in [5.74, 6) is -0.462. The van der Waals surface area contributed by atoms with Crippen molar-refractivity contribution in [1.29, 1.82) is 0 Å². The molecule has 1 rings (SSSR count). The van der Waals surface area contributed by atoms with Gasteiger partial charge in [-0.05, 0) is 17.2 Å². The van der Waals surface area contributed by atoms with Crippen LogP contribution in [0.3, 0.4) is 0 Å². The number of rotatable bonds is 4. The molecule has 1 aromatic carbocycles. The topological polar surface area (TPSA) is 35.5 Å². The summed E-state index contributed by atoms with van der Waals surface area (Å²) in [6, 6.07) is 5.34. The van der Waals surface area contributed by atoms with E-state index >= 15 is 0 Å². The molecule has 0 aliphatic carbocycles. The van der Waals surface area contributed by atoms with Crippen LogP contribution in [0, 0.1) is 0 Å². The molecular formula is C12H12BrClO3. The predicted molar refractivity (Wildman–Crippen MR) is 71.1 cm³/mol. The maximum absolute atomic E-state index is 11.7. The number of carbonyl (C=O) groups is 1. The van der Waals surface area contributed by atoms with Crippen LogP contribution in [0.4, 0.5) is 0 Å². The number of ether oxygens (including phenoxy) is 2. The third-order valence-electron chi connectivity index (χ3n) is 2.18. The SMILES string of the molecule is COC=C(C(=O)OC)c1cccc(Cl)c1CBr. The van der Waals surface area contributed by atoms with Crippen LogP contribution in [0.2, 0.25) is 5.02 Å². The van der Waals surface area contributed by atoms with Crippen LogP contribution in [0.1, 0.15) is 11.1 Å². The fraction of sp³-hybridized carbons (Fsp3) is 0.250. The Hall–Kier alpha value is -1.000. The fourth-order valence-electron chi connectivity index (χ4n) is 1.40. The first-order valence-electron chi connectivity index (χ1n) is 4.80. The molecule has 0 aromatic heterocycles. The van der Waals surface area contributed by atoms with Crippen molar-refractivity contribution in [2.75, 3.05) is 14.2 Å². The number of hydrogen-bond donors (Lipinski definition) is 0. The zero-order chi connectivity index (χ0) is 12.8. The first-order valence-corrected chi connectivity index (χ1v) is 6.30. The lowest BCUT2D eigenvalue weighted by molar-refractivity contribution is -0.133. The highest BCUT2D eigenvalue weighted by molar-refractivity contribution is 9.08. The summed E-state index contributed by atoms with van der Waals surface area (Å²) in [6.45, 7) is 0. The Kier molecular flexibility index (Phi) is 5.51. The Morgan fingerprint density at radius 2 is 2.18 bits per heavy atom. The van der Waals surface area contributed by atoms with E-state index in [1.165, 1.54) is 20.5 Å². The zero-order valence-corrected chi connectivity index (χ0v) is 11.8. The van der Waals surface area contributed by atoms with Crippen molar-refractivity contribution >= 4 is 39.1 Å². The lowest BCUT2D eigenvalue weighted by atomic mass is 10.0. The number of halogens is 2. The van der Waals surface area contributed by atoms with Gasteiger partial charge in [0.05, 0.1) is 20.5 Å². The molecule has 3 nitrogen and oxygen atoms in total. The second-order valence-electron chi connectivity index (χ2n) is 3.16. The number of carbonyl (C=O) groups excluding carboxylic acids is 1. The van der Waals surface area contributed by atoms with Crippen LogP contribution in [0.5, 0.6) is 0 Å². The van der Waals surface area contributed by atoms with Crippen LogP contribution >= 0.6 is 27.5 Å². The minimum absolute atomic E-state index is 0.340. The molecule has 1 aromatic rings. The van der Waals surface area contributed by atoms with Gasteiger partial charge >= 0.3 is 5.97 Å². The molecule has 0 bridgehead atoms. The summed E-state index contributed by atoms with van der Waals surface area (Å²) < 4.78 is 9.61. The molecule has 17 heavy (non-hydrogen) atoms. The summed E-state index contributed by atoms with van der Waals surface area (Å²) in [4.78, 5) is 11.7. The van der Waals surface area contributed by atoms with E-state index in [0.717, 1.165) is 5.56 Å². The van der Waals surface area contributed by atoms with Gasteiger partial charge in [0, 0.05) is 10.4 Å². The van der Waals surface area contributed by atoms with Gasteiger partial charge in [0.1, 0.15) is 5.57 Å². The average Bonchev–Trinajstić information content (AvgIpc) is 2.34. The number of esters is 1. The molecule has 0 atom stereocenters. The van der Waals surface area contributed by atoms with Crippen LogP contribution in [-0.4, -0.2) is 20.2 Å². The predicted octanol–water partition coefficient (Wildman–Crippen LogP) is 3.40. The Morgan fingerprint density at radius 3 is 2.71 bits per heavy atom. The lowest BCUT2D eigenvalue weighted by Crippen LogP contribution is -2.06. The lowest BCUT2D eigenvalue weighted by Gasteiger charge is -2.11. The van der Waals surface area contributed by atoms with Gasteiger partial charge in [0.15, 0.2) is 0 Å². The second-order valence-corrected chi connectivity index (χ2v) is 4.13. The monoisotopic (exact) mass is 318 g/mol. The van der Waals surface area contributed by atoms with Crippen molar-refractivity contribution < 1.29 is 14.3 Å². The van der Waals surface area contributed by atoms with Crippen molar-refractivity contribution in [3.63, 3.8) is 0 Å². The molecule has 0 N–H and O–H groups in total. The maximum Gasteiger partial charge on any atom is 0.341 e. The third kappa shape index (κ3) is 3.23. The van der Waals surface area contributed by atoms with Gasteiger partial charge < -0.3 is 9.47 Å².